The van der Waals surface area contributed by atoms with E-state index in [1.807, 2.05) is 0 Å². The fourth-order valence-electron chi connectivity index (χ4n) is 0.756. The zero-order valence-corrected chi connectivity index (χ0v) is 7.79. The van der Waals surface area contributed by atoms with Crippen LogP contribution in [0, 0.1) is 5.41 Å². The van der Waals surface area contributed by atoms with Gasteiger partial charge in [0, 0.05) is 6.42 Å². The van der Waals surface area contributed by atoms with Crippen LogP contribution in [0.4, 0.5) is 0 Å². The summed E-state index contributed by atoms with van der Waals surface area (Å²) in [6.07, 6.45) is 2.78. The number of ketones is 1. The van der Waals surface area contributed by atoms with Crippen molar-refractivity contribution in [3.05, 3.63) is 11.6 Å². The molecule has 0 atom stereocenters. The first-order valence-corrected chi connectivity index (χ1v) is 4.00. The third-order valence-electron chi connectivity index (χ3n) is 1.31. The Morgan fingerprint density at radius 2 is 2.08 bits per heavy atom. The fourth-order valence-corrected chi connectivity index (χ4v) is 0.756. The van der Waals surface area contributed by atoms with Crippen molar-refractivity contribution in [2.45, 2.75) is 20.3 Å². The number of hydrogen-bond acceptors (Lipinski definition) is 4. The van der Waals surface area contributed by atoms with E-state index in [-0.39, 0.29) is 24.4 Å². The standard InChI is InChI=1S/C9H13NO3/c1-3-13-9(12)8(7(2)11)5-4-6-10/h5-6,10H,3-4H2,1-2H3. The highest BCUT2D eigenvalue weighted by Crippen LogP contribution is 2.01. The SMILES string of the molecule is CCOC(=O)C(=CCC=N)C(C)=O. The second-order valence-corrected chi connectivity index (χ2v) is 2.33. The molecule has 0 amide bonds. The van der Waals surface area contributed by atoms with Gasteiger partial charge in [-0.1, -0.05) is 6.08 Å². The molecule has 4 heteroatoms. The quantitative estimate of drug-likeness (QED) is 0.228. The second kappa shape index (κ2) is 6.11. The van der Waals surface area contributed by atoms with Crippen LogP contribution in [0.3, 0.4) is 0 Å². The first-order chi connectivity index (χ1) is 6.13. The van der Waals surface area contributed by atoms with Gasteiger partial charge in [-0.05, 0) is 20.1 Å². The van der Waals surface area contributed by atoms with E-state index < -0.39 is 5.97 Å². The summed E-state index contributed by atoms with van der Waals surface area (Å²) in [7, 11) is 0. The molecule has 0 fully saturated rings. The molecule has 0 radical (unpaired) electrons. The average molecular weight is 183 g/mol. The van der Waals surface area contributed by atoms with E-state index >= 15 is 0 Å². The molecule has 0 aliphatic rings. The van der Waals surface area contributed by atoms with E-state index in [1.54, 1.807) is 6.92 Å². The summed E-state index contributed by atoms with van der Waals surface area (Å²) in [6, 6.07) is 0. The van der Waals surface area contributed by atoms with Crippen LogP contribution >= 0.6 is 0 Å². The Balaban J connectivity index is 4.50. The highest BCUT2D eigenvalue weighted by Gasteiger charge is 2.14. The molecule has 0 bridgehead atoms. The molecule has 0 aliphatic heterocycles. The zero-order valence-electron chi connectivity index (χ0n) is 7.79. The topological polar surface area (TPSA) is 67.2 Å². The van der Waals surface area contributed by atoms with Gasteiger partial charge >= 0.3 is 5.97 Å². The molecule has 0 saturated carbocycles. The Hall–Kier alpha value is -1.45. The maximum atomic E-state index is 11.1. The summed E-state index contributed by atoms with van der Waals surface area (Å²) in [4.78, 5) is 22.0. The van der Waals surface area contributed by atoms with Gasteiger partial charge in [-0.3, -0.25) is 4.79 Å². The molecule has 0 aromatic heterocycles. The number of hydrogen-bond donors (Lipinski definition) is 1. The van der Waals surface area contributed by atoms with Crippen LogP contribution in [0.1, 0.15) is 20.3 Å². The normalized spacial score (nSPS) is 10.8. The summed E-state index contributed by atoms with van der Waals surface area (Å²) in [6.45, 7) is 3.22. The molecular weight excluding hydrogens is 170 g/mol. The van der Waals surface area contributed by atoms with Crippen molar-refractivity contribution in [3.63, 3.8) is 0 Å². The van der Waals surface area contributed by atoms with Crippen LogP contribution in [0.15, 0.2) is 11.6 Å². The van der Waals surface area contributed by atoms with Crippen LogP contribution in [-0.4, -0.2) is 24.6 Å². The highest BCUT2D eigenvalue weighted by molar-refractivity contribution is 6.16. The molecule has 4 nitrogen and oxygen atoms in total. The van der Waals surface area contributed by atoms with Crippen molar-refractivity contribution in [1.29, 1.82) is 5.41 Å². The van der Waals surface area contributed by atoms with Gasteiger partial charge in [-0.2, -0.15) is 0 Å². The summed E-state index contributed by atoms with van der Waals surface area (Å²) < 4.78 is 4.66. The molecule has 0 heterocycles. The Morgan fingerprint density at radius 1 is 1.46 bits per heavy atom. The van der Waals surface area contributed by atoms with Crippen molar-refractivity contribution < 1.29 is 14.3 Å². The van der Waals surface area contributed by atoms with Gasteiger partial charge in [0.25, 0.3) is 0 Å². The lowest BCUT2D eigenvalue weighted by Crippen LogP contribution is -2.13. The smallest absolute Gasteiger partial charge is 0.341 e. The molecule has 0 unspecified atom stereocenters. The summed E-state index contributed by atoms with van der Waals surface area (Å²) in [5.74, 6) is -0.947. The Kier molecular flexibility index (Phi) is 5.43. The number of carbonyl (C=O) groups is 2. The average Bonchev–Trinajstić information content (AvgIpc) is 2.05. The van der Waals surface area contributed by atoms with E-state index in [9.17, 15) is 9.59 Å². The number of esters is 1. The van der Waals surface area contributed by atoms with Crippen molar-refractivity contribution in [1.82, 2.24) is 0 Å². The largest absolute Gasteiger partial charge is 0.462 e. The van der Waals surface area contributed by atoms with Crippen LogP contribution in [0.2, 0.25) is 0 Å². The highest BCUT2D eigenvalue weighted by atomic mass is 16.5. The van der Waals surface area contributed by atoms with Gasteiger partial charge < -0.3 is 10.1 Å². The fraction of sp³-hybridized carbons (Fsp3) is 0.444. The third kappa shape index (κ3) is 4.20. The van der Waals surface area contributed by atoms with Gasteiger partial charge in [-0.15, -0.1) is 0 Å². The van der Waals surface area contributed by atoms with Crippen molar-refractivity contribution in [3.8, 4) is 0 Å². The predicted octanol–water partition coefficient (Wildman–Crippen LogP) is 1.10. The molecule has 0 aliphatic carbocycles. The van der Waals surface area contributed by atoms with Crippen molar-refractivity contribution in [2.75, 3.05) is 6.61 Å². The van der Waals surface area contributed by atoms with Crippen molar-refractivity contribution >= 4 is 18.0 Å². The molecule has 72 valence electrons. The molecule has 0 spiro atoms. The third-order valence-corrected chi connectivity index (χ3v) is 1.31. The van der Waals surface area contributed by atoms with Gasteiger partial charge in [-0.25, -0.2) is 4.79 Å². The number of rotatable bonds is 5. The Morgan fingerprint density at radius 3 is 2.46 bits per heavy atom. The van der Waals surface area contributed by atoms with E-state index in [1.165, 1.54) is 13.0 Å². The Bertz CT molecular complexity index is 243. The first-order valence-electron chi connectivity index (χ1n) is 4.00. The van der Waals surface area contributed by atoms with Gasteiger partial charge in [0.15, 0.2) is 5.78 Å². The molecule has 13 heavy (non-hydrogen) atoms. The lowest BCUT2D eigenvalue weighted by atomic mass is 10.1. The first kappa shape index (κ1) is 11.6. The monoisotopic (exact) mass is 183 g/mol. The number of allylic oxidation sites excluding steroid dienone is 1. The number of nitrogens with one attached hydrogen (secondary N) is 1. The van der Waals surface area contributed by atoms with E-state index in [0.29, 0.717) is 0 Å². The van der Waals surface area contributed by atoms with E-state index in [2.05, 4.69) is 4.74 Å². The van der Waals surface area contributed by atoms with Crippen LogP contribution < -0.4 is 0 Å². The molecule has 0 saturated heterocycles. The maximum Gasteiger partial charge on any atom is 0.341 e. The summed E-state index contributed by atoms with van der Waals surface area (Å²) in [5.41, 5.74) is 0.0188. The van der Waals surface area contributed by atoms with Crippen LogP contribution in [0.5, 0.6) is 0 Å². The van der Waals surface area contributed by atoms with Gasteiger partial charge in [0.05, 0.1) is 12.2 Å². The minimum atomic E-state index is -0.614. The minimum absolute atomic E-state index is 0.0188. The summed E-state index contributed by atoms with van der Waals surface area (Å²) >= 11 is 0. The number of Topliss-reactive ketones (excluding diaryl/α,β-unsaturated/α-hetero) is 1. The number of carbonyl (C=O) groups excluding carboxylic acids is 2. The zero-order chi connectivity index (χ0) is 10.3. The summed E-state index contributed by atoms with van der Waals surface area (Å²) in [5, 5.41) is 6.75. The Labute approximate surface area is 77.1 Å². The van der Waals surface area contributed by atoms with E-state index in [0.717, 1.165) is 6.21 Å². The van der Waals surface area contributed by atoms with E-state index in [4.69, 9.17) is 5.41 Å². The van der Waals surface area contributed by atoms with Crippen LogP contribution in [0.25, 0.3) is 0 Å². The lowest BCUT2D eigenvalue weighted by molar-refractivity contribution is -0.139. The molecule has 0 aromatic carbocycles. The molecule has 0 aromatic rings. The van der Waals surface area contributed by atoms with Crippen molar-refractivity contribution in [2.24, 2.45) is 0 Å². The van der Waals surface area contributed by atoms with Gasteiger partial charge in [0.1, 0.15) is 0 Å². The maximum absolute atomic E-state index is 11.1. The lowest BCUT2D eigenvalue weighted by Gasteiger charge is -2.01. The minimum Gasteiger partial charge on any atom is -0.462 e. The number of ether oxygens (including phenoxy) is 1. The van der Waals surface area contributed by atoms with Crippen LogP contribution in [-0.2, 0) is 14.3 Å². The van der Waals surface area contributed by atoms with Gasteiger partial charge in [0.2, 0.25) is 0 Å². The molecular formula is C9H13NO3. The second-order valence-electron chi connectivity index (χ2n) is 2.33. The molecule has 0 rings (SSSR count). The molecule has 1 N–H and O–H groups in total. The predicted molar refractivity (Wildman–Crippen MR) is 48.8 cm³/mol.